The number of aromatic nitrogens is 2. The molecule has 2 aromatic heterocycles. The molecule has 1 N–H and O–H groups in total. The maximum absolute atomic E-state index is 11.1. The predicted molar refractivity (Wildman–Crippen MR) is 91.0 cm³/mol. The molecule has 0 bridgehead atoms. The van der Waals surface area contributed by atoms with Gasteiger partial charge in [-0.1, -0.05) is 6.07 Å². The molecule has 0 saturated carbocycles. The van der Waals surface area contributed by atoms with Crippen molar-refractivity contribution >= 4 is 17.2 Å². The van der Waals surface area contributed by atoms with E-state index < -0.39 is 0 Å². The molecule has 0 unspecified atom stereocenters. The van der Waals surface area contributed by atoms with Crippen molar-refractivity contribution in [3.63, 3.8) is 0 Å². The van der Waals surface area contributed by atoms with E-state index in [2.05, 4.69) is 28.2 Å². The van der Waals surface area contributed by atoms with Crippen molar-refractivity contribution < 1.29 is 4.79 Å². The summed E-state index contributed by atoms with van der Waals surface area (Å²) in [6.07, 6.45) is 2.33. The molecular formula is C17H22N4OS. The van der Waals surface area contributed by atoms with Gasteiger partial charge in [0, 0.05) is 18.3 Å². The topological polar surface area (TPSA) is 58.1 Å². The first-order valence-corrected chi connectivity index (χ1v) is 8.84. The summed E-state index contributed by atoms with van der Waals surface area (Å²) in [5.74, 6) is -0.0274. The van der Waals surface area contributed by atoms with Crippen molar-refractivity contribution in [1.29, 1.82) is 0 Å². The first-order valence-electron chi connectivity index (χ1n) is 7.97. The number of pyridine rings is 1. The lowest BCUT2D eigenvalue weighted by atomic mass is 10.1. The highest BCUT2D eigenvalue weighted by atomic mass is 32.1. The molecule has 0 spiro atoms. The van der Waals surface area contributed by atoms with Crippen molar-refractivity contribution in [1.82, 2.24) is 20.2 Å². The number of rotatable bonds is 5. The number of carbonyl (C=O) groups excluding carboxylic acids is 1. The number of hydrogen-bond acceptors (Lipinski definition) is 5. The predicted octanol–water partition coefficient (Wildman–Crippen LogP) is 2.82. The highest BCUT2D eigenvalue weighted by Gasteiger charge is 2.27. The number of nitrogens with one attached hydrogen (secondary N) is 1. The fraction of sp³-hybridized carbons (Fsp3) is 0.471. The van der Waals surface area contributed by atoms with E-state index in [0.717, 1.165) is 36.6 Å². The Morgan fingerprint density at radius 3 is 3.09 bits per heavy atom. The number of carbonyl (C=O) groups is 1. The third-order valence-electron chi connectivity index (χ3n) is 4.24. The van der Waals surface area contributed by atoms with Crippen LogP contribution in [-0.2, 0) is 17.9 Å². The summed E-state index contributed by atoms with van der Waals surface area (Å²) in [5.41, 5.74) is 5.07. The minimum Gasteiger partial charge on any atom is -0.351 e. The first-order chi connectivity index (χ1) is 11.1. The fourth-order valence-electron chi connectivity index (χ4n) is 3.01. The molecule has 2 aromatic rings. The third-order valence-corrected chi connectivity index (χ3v) is 5.16. The second-order valence-corrected chi connectivity index (χ2v) is 6.89. The number of hydrogen-bond donors (Lipinski definition) is 1. The quantitative estimate of drug-likeness (QED) is 0.916. The van der Waals surface area contributed by atoms with E-state index in [0.29, 0.717) is 12.6 Å². The van der Waals surface area contributed by atoms with Crippen molar-refractivity contribution in [3.05, 3.63) is 45.7 Å². The second-order valence-electron chi connectivity index (χ2n) is 5.95. The van der Waals surface area contributed by atoms with Crippen LogP contribution in [0.15, 0.2) is 23.7 Å². The van der Waals surface area contributed by atoms with E-state index >= 15 is 0 Å². The van der Waals surface area contributed by atoms with Gasteiger partial charge in [0.1, 0.15) is 0 Å². The molecule has 0 aliphatic carbocycles. The van der Waals surface area contributed by atoms with Crippen LogP contribution in [0.4, 0.5) is 0 Å². The van der Waals surface area contributed by atoms with Gasteiger partial charge in [0.15, 0.2) is 0 Å². The molecule has 1 aliphatic heterocycles. The summed E-state index contributed by atoms with van der Waals surface area (Å²) in [6.45, 7) is 6.13. The molecule has 23 heavy (non-hydrogen) atoms. The molecule has 122 valence electrons. The zero-order valence-corrected chi connectivity index (χ0v) is 14.4. The van der Waals surface area contributed by atoms with Gasteiger partial charge in [0.25, 0.3) is 0 Å². The molecule has 1 fully saturated rings. The maximum Gasteiger partial charge on any atom is 0.217 e. The average Bonchev–Trinajstić information content (AvgIpc) is 3.16. The highest BCUT2D eigenvalue weighted by Crippen LogP contribution is 2.33. The van der Waals surface area contributed by atoms with E-state index in [9.17, 15) is 4.79 Å². The number of likely N-dealkylation sites (tertiary alicyclic amines) is 1. The molecule has 0 radical (unpaired) electrons. The van der Waals surface area contributed by atoms with Crippen LogP contribution in [0.2, 0.25) is 0 Å². The molecule has 1 saturated heterocycles. The highest BCUT2D eigenvalue weighted by molar-refractivity contribution is 7.09. The molecule has 1 atom stereocenters. The minimum absolute atomic E-state index is 0.0274. The fourth-order valence-corrected chi connectivity index (χ4v) is 3.81. The Labute approximate surface area is 140 Å². The normalized spacial score (nSPS) is 18.3. The van der Waals surface area contributed by atoms with Crippen LogP contribution < -0.4 is 5.32 Å². The Morgan fingerprint density at radius 1 is 1.48 bits per heavy atom. The van der Waals surface area contributed by atoms with Crippen molar-refractivity contribution in [3.8, 4) is 0 Å². The molecule has 6 heteroatoms. The van der Waals surface area contributed by atoms with Crippen LogP contribution in [0.5, 0.6) is 0 Å². The first kappa shape index (κ1) is 16.1. The number of amides is 1. The standard InChI is InChI=1S/C17H22N4OS/c1-12-17(23-11-19-12)10-21-8-4-7-16(21)15-6-3-5-14(20-15)9-18-13(2)22/h3,5-6,11,16H,4,7-10H2,1-2H3,(H,18,22)/t16-/m1/s1. The monoisotopic (exact) mass is 330 g/mol. The van der Waals surface area contributed by atoms with Gasteiger partial charge in [-0.25, -0.2) is 4.98 Å². The van der Waals surface area contributed by atoms with Gasteiger partial charge in [-0.15, -0.1) is 11.3 Å². The van der Waals surface area contributed by atoms with Crippen molar-refractivity contribution in [2.45, 2.75) is 45.8 Å². The van der Waals surface area contributed by atoms with E-state index in [1.165, 1.54) is 18.2 Å². The van der Waals surface area contributed by atoms with E-state index in [1.54, 1.807) is 11.3 Å². The summed E-state index contributed by atoms with van der Waals surface area (Å²) in [4.78, 5) is 24.0. The van der Waals surface area contributed by atoms with Gasteiger partial charge in [0.2, 0.25) is 5.91 Å². The van der Waals surface area contributed by atoms with Crippen LogP contribution in [0, 0.1) is 6.92 Å². The van der Waals surface area contributed by atoms with Gasteiger partial charge in [-0.05, 0) is 38.4 Å². The SMILES string of the molecule is CC(=O)NCc1cccc([C@H]2CCCN2Cc2scnc2C)n1. The summed E-state index contributed by atoms with van der Waals surface area (Å²) in [7, 11) is 0. The Bertz CT molecular complexity index is 685. The lowest BCUT2D eigenvalue weighted by Crippen LogP contribution is -2.24. The molecule has 3 heterocycles. The smallest absolute Gasteiger partial charge is 0.217 e. The largest absolute Gasteiger partial charge is 0.351 e. The zero-order chi connectivity index (χ0) is 16.2. The van der Waals surface area contributed by atoms with Crippen LogP contribution in [0.1, 0.15) is 47.8 Å². The molecule has 0 aromatic carbocycles. The van der Waals surface area contributed by atoms with E-state index in [4.69, 9.17) is 4.98 Å². The van der Waals surface area contributed by atoms with Gasteiger partial charge in [-0.2, -0.15) is 0 Å². The Balaban J connectivity index is 1.73. The average molecular weight is 330 g/mol. The third kappa shape index (κ3) is 3.95. The molecule has 1 amide bonds. The zero-order valence-electron chi connectivity index (χ0n) is 13.6. The molecule has 3 rings (SSSR count). The lowest BCUT2D eigenvalue weighted by molar-refractivity contribution is -0.119. The summed E-state index contributed by atoms with van der Waals surface area (Å²) in [5, 5.41) is 2.81. The summed E-state index contributed by atoms with van der Waals surface area (Å²) >= 11 is 1.73. The second kappa shape index (κ2) is 7.19. The minimum atomic E-state index is -0.0274. The summed E-state index contributed by atoms with van der Waals surface area (Å²) < 4.78 is 0. The Hall–Kier alpha value is -1.79. The number of aryl methyl sites for hydroxylation is 1. The molecule has 1 aliphatic rings. The number of nitrogens with zero attached hydrogens (tertiary/aromatic N) is 3. The lowest BCUT2D eigenvalue weighted by Gasteiger charge is -2.24. The summed E-state index contributed by atoms with van der Waals surface area (Å²) in [6, 6.07) is 6.45. The molecular weight excluding hydrogens is 308 g/mol. The van der Waals surface area contributed by atoms with Crippen LogP contribution in [0.3, 0.4) is 0 Å². The van der Waals surface area contributed by atoms with Crippen molar-refractivity contribution in [2.75, 3.05) is 6.54 Å². The molecule has 5 nitrogen and oxygen atoms in total. The van der Waals surface area contributed by atoms with Crippen LogP contribution >= 0.6 is 11.3 Å². The maximum atomic E-state index is 11.1. The van der Waals surface area contributed by atoms with Gasteiger partial charge >= 0.3 is 0 Å². The van der Waals surface area contributed by atoms with Gasteiger partial charge < -0.3 is 5.32 Å². The Kier molecular flexibility index (Phi) is 5.03. The van der Waals surface area contributed by atoms with Crippen LogP contribution in [-0.4, -0.2) is 27.3 Å². The van der Waals surface area contributed by atoms with Gasteiger partial charge in [0.05, 0.1) is 35.2 Å². The van der Waals surface area contributed by atoms with Crippen molar-refractivity contribution in [2.24, 2.45) is 0 Å². The Morgan fingerprint density at radius 2 is 2.35 bits per heavy atom. The van der Waals surface area contributed by atoms with Gasteiger partial charge in [-0.3, -0.25) is 14.7 Å². The van der Waals surface area contributed by atoms with E-state index in [-0.39, 0.29) is 5.91 Å². The number of thiazole rings is 1. The van der Waals surface area contributed by atoms with E-state index in [1.807, 2.05) is 17.6 Å². The van der Waals surface area contributed by atoms with Crippen LogP contribution in [0.25, 0.3) is 0 Å².